The number of piperidine rings is 2. The highest BCUT2D eigenvalue weighted by molar-refractivity contribution is 9.13. The monoisotopic (exact) mass is 759 g/mol. The zero-order valence-electron chi connectivity index (χ0n) is 27.1. The van der Waals surface area contributed by atoms with Crippen molar-refractivity contribution in [3.63, 3.8) is 0 Å². The first-order valence-corrected chi connectivity index (χ1v) is 18.3. The van der Waals surface area contributed by atoms with Crippen LogP contribution in [0.1, 0.15) is 63.5 Å². The molecule has 0 bridgehead atoms. The van der Waals surface area contributed by atoms with Gasteiger partial charge in [-0.15, -0.1) is 0 Å². The quantitative estimate of drug-likeness (QED) is 0.246. The molecular formula is C35H47Br2N5O4. The summed E-state index contributed by atoms with van der Waals surface area (Å²) in [5, 5.41) is 3.12. The molecule has 9 nitrogen and oxygen atoms in total. The predicted octanol–water partition coefficient (Wildman–Crippen LogP) is 7.13. The van der Waals surface area contributed by atoms with E-state index in [0.29, 0.717) is 31.8 Å². The minimum atomic E-state index is -0.870. The van der Waals surface area contributed by atoms with Gasteiger partial charge in [0.2, 0.25) is 0 Å². The van der Waals surface area contributed by atoms with Gasteiger partial charge < -0.3 is 24.6 Å². The number of carbonyl (C=O) groups is 3. The lowest BCUT2D eigenvalue weighted by Crippen LogP contribution is -2.69. The molecule has 2 fully saturated rings. The van der Waals surface area contributed by atoms with E-state index in [2.05, 4.69) is 66.9 Å². The molecule has 0 unspecified atom stereocenters. The number of nitrogens with one attached hydrogen (secondary N) is 1. The Hall–Kier alpha value is -2.47. The molecule has 2 atom stereocenters. The van der Waals surface area contributed by atoms with Gasteiger partial charge in [-0.05, 0) is 119 Å². The van der Waals surface area contributed by atoms with Gasteiger partial charge in [0, 0.05) is 59.7 Å². The van der Waals surface area contributed by atoms with Crippen LogP contribution in [0.3, 0.4) is 0 Å². The topological polar surface area (TPSA) is 85.4 Å². The highest BCUT2D eigenvalue weighted by Crippen LogP contribution is 2.40. The van der Waals surface area contributed by atoms with Gasteiger partial charge in [-0.1, -0.05) is 38.1 Å². The van der Waals surface area contributed by atoms with E-state index in [0.717, 1.165) is 90.5 Å². The average Bonchev–Trinajstić information content (AvgIpc) is 3.24. The number of ether oxygens (including phenoxy) is 1. The Morgan fingerprint density at radius 1 is 1.04 bits per heavy atom. The van der Waals surface area contributed by atoms with Gasteiger partial charge >= 0.3 is 12.1 Å². The van der Waals surface area contributed by atoms with Crippen LogP contribution in [0.25, 0.3) is 0 Å². The largest absolute Gasteiger partial charge is 0.445 e. The number of benzene rings is 2. The summed E-state index contributed by atoms with van der Waals surface area (Å²) in [5.74, 6) is 0.607. The number of hydrogen-bond acceptors (Lipinski definition) is 6. The number of anilines is 1. The lowest BCUT2D eigenvalue weighted by molar-refractivity contribution is -0.128. The van der Waals surface area contributed by atoms with E-state index in [1.54, 1.807) is 4.90 Å². The van der Waals surface area contributed by atoms with E-state index in [-0.39, 0.29) is 25.1 Å². The van der Waals surface area contributed by atoms with Gasteiger partial charge in [-0.2, -0.15) is 0 Å². The standard InChI is InChI=1S/C35H47Br2N5O4/c1-3-39(4-2)17-11-26-12-18-40(19-13-26)35(16-22-43)24-29(41-20-14-28-7-5-6-8-32(28)38-33(41)44)15-21-42(35)34(45)46-25-27-9-10-30(36)31(37)23-27/h5-10,22-23,26,29H,3-4,11-21,24-25H2,1-2H3,(H,38,44)/t29-,35+/m1/s1. The number of para-hydroxylation sites is 1. The number of rotatable bonds is 11. The second kappa shape index (κ2) is 16.1. The van der Waals surface area contributed by atoms with E-state index in [1.165, 1.54) is 0 Å². The minimum absolute atomic E-state index is 0.123. The highest BCUT2D eigenvalue weighted by atomic mass is 79.9. The molecule has 3 amide bonds. The van der Waals surface area contributed by atoms with E-state index in [9.17, 15) is 14.4 Å². The normalized spacial score (nSPS) is 22.7. The molecule has 3 aliphatic rings. The second-order valence-corrected chi connectivity index (χ2v) is 14.4. The van der Waals surface area contributed by atoms with Crippen LogP contribution in [0, 0.1) is 5.92 Å². The molecule has 1 N–H and O–H groups in total. The van der Waals surface area contributed by atoms with Gasteiger partial charge in [-0.25, -0.2) is 9.59 Å². The number of fused-ring (bicyclic) bond motifs is 1. The van der Waals surface area contributed by atoms with Crippen molar-refractivity contribution in [2.24, 2.45) is 5.92 Å². The third-order valence-electron chi connectivity index (χ3n) is 10.3. The molecule has 3 heterocycles. The van der Waals surface area contributed by atoms with E-state index in [1.807, 2.05) is 41.3 Å². The van der Waals surface area contributed by atoms with Crippen LogP contribution in [-0.4, -0.2) is 95.5 Å². The molecule has 0 radical (unpaired) electrons. The highest BCUT2D eigenvalue weighted by Gasteiger charge is 2.51. The summed E-state index contributed by atoms with van der Waals surface area (Å²) in [6, 6.07) is 13.5. The lowest BCUT2D eigenvalue weighted by atomic mass is 9.83. The molecule has 0 aromatic heterocycles. The Balaban J connectivity index is 1.36. The fourth-order valence-electron chi connectivity index (χ4n) is 7.49. The van der Waals surface area contributed by atoms with Gasteiger partial charge in [0.25, 0.3) is 0 Å². The number of urea groups is 1. The first-order valence-electron chi connectivity index (χ1n) is 16.7. The molecule has 2 saturated heterocycles. The third kappa shape index (κ3) is 7.97. The first-order chi connectivity index (χ1) is 22.3. The van der Waals surface area contributed by atoms with Crippen LogP contribution in [0.2, 0.25) is 0 Å². The summed E-state index contributed by atoms with van der Waals surface area (Å²) in [7, 11) is 0. The summed E-state index contributed by atoms with van der Waals surface area (Å²) >= 11 is 7.03. The van der Waals surface area contributed by atoms with Gasteiger partial charge in [0.15, 0.2) is 0 Å². The van der Waals surface area contributed by atoms with Crippen LogP contribution in [0.15, 0.2) is 51.4 Å². The van der Waals surface area contributed by atoms with Crippen molar-refractivity contribution >= 4 is 56.0 Å². The van der Waals surface area contributed by atoms with Crippen molar-refractivity contribution in [1.82, 2.24) is 19.6 Å². The number of hydrogen-bond donors (Lipinski definition) is 1. The number of aldehydes is 1. The first kappa shape index (κ1) is 34.9. The van der Waals surface area contributed by atoms with E-state index in [4.69, 9.17) is 4.74 Å². The summed E-state index contributed by atoms with van der Waals surface area (Å²) in [6.45, 7) is 10.3. The molecular weight excluding hydrogens is 714 g/mol. The Bertz CT molecular complexity index is 1370. The number of carbonyl (C=O) groups excluding carboxylic acids is 3. The fourth-order valence-corrected chi connectivity index (χ4v) is 8.17. The van der Waals surface area contributed by atoms with E-state index < -0.39 is 11.8 Å². The Labute approximate surface area is 290 Å². The predicted molar refractivity (Wildman–Crippen MR) is 188 cm³/mol. The molecule has 46 heavy (non-hydrogen) atoms. The average molecular weight is 762 g/mol. The van der Waals surface area contributed by atoms with Gasteiger partial charge in [0.1, 0.15) is 18.6 Å². The molecule has 0 saturated carbocycles. The smallest absolute Gasteiger partial charge is 0.411 e. The molecule has 5 rings (SSSR count). The summed E-state index contributed by atoms with van der Waals surface area (Å²) in [6.07, 6.45) is 5.74. The Kier molecular flexibility index (Phi) is 12.2. The second-order valence-electron chi connectivity index (χ2n) is 12.7. The van der Waals surface area contributed by atoms with Crippen LogP contribution in [0.5, 0.6) is 0 Å². The van der Waals surface area contributed by atoms with Crippen molar-refractivity contribution < 1.29 is 19.1 Å². The molecule has 2 aromatic carbocycles. The maximum atomic E-state index is 14.0. The van der Waals surface area contributed by atoms with Crippen LogP contribution in [-0.2, 0) is 22.6 Å². The van der Waals surface area contributed by atoms with Crippen LogP contribution >= 0.6 is 31.9 Å². The third-order valence-corrected chi connectivity index (χ3v) is 12.1. The van der Waals surface area contributed by atoms with Crippen molar-refractivity contribution in [2.75, 3.05) is 51.1 Å². The number of nitrogens with zero attached hydrogens (tertiary/aromatic N) is 4. The summed E-state index contributed by atoms with van der Waals surface area (Å²) in [5.41, 5.74) is 1.96. The van der Waals surface area contributed by atoms with Crippen LogP contribution < -0.4 is 5.32 Å². The van der Waals surface area contributed by atoms with Crippen molar-refractivity contribution in [3.8, 4) is 0 Å². The minimum Gasteiger partial charge on any atom is -0.445 e. The molecule has 250 valence electrons. The van der Waals surface area contributed by atoms with Crippen molar-refractivity contribution in [2.45, 2.75) is 77.1 Å². The molecule has 2 aromatic rings. The van der Waals surface area contributed by atoms with Crippen LogP contribution in [0.4, 0.5) is 15.3 Å². The Morgan fingerprint density at radius 2 is 1.80 bits per heavy atom. The fraction of sp³-hybridized carbons (Fsp3) is 0.571. The summed E-state index contributed by atoms with van der Waals surface area (Å²) in [4.78, 5) is 48.6. The number of amides is 3. The molecule has 0 spiro atoms. The molecule has 0 aliphatic carbocycles. The van der Waals surface area contributed by atoms with Gasteiger partial charge in [-0.3, -0.25) is 9.80 Å². The number of halogens is 2. The maximum Gasteiger partial charge on any atom is 0.411 e. The lowest BCUT2D eigenvalue weighted by Gasteiger charge is -2.56. The molecule has 11 heteroatoms. The zero-order chi connectivity index (χ0) is 32.7. The molecule has 3 aliphatic heterocycles. The number of likely N-dealkylation sites (tertiary alicyclic amines) is 2. The Morgan fingerprint density at radius 3 is 2.52 bits per heavy atom. The van der Waals surface area contributed by atoms with E-state index >= 15 is 0 Å². The maximum absolute atomic E-state index is 14.0. The SMILES string of the molecule is CCN(CC)CCC1CCN([C@]2(CC=O)C[C@H](N3CCc4ccccc4NC3=O)CCN2C(=O)OCc2ccc(Br)c(Br)c2)CC1. The van der Waals surface area contributed by atoms with Gasteiger partial charge in [0.05, 0.1) is 0 Å². The van der Waals surface area contributed by atoms with Crippen molar-refractivity contribution in [3.05, 3.63) is 62.5 Å². The summed E-state index contributed by atoms with van der Waals surface area (Å²) < 4.78 is 7.75. The zero-order valence-corrected chi connectivity index (χ0v) is 30.2. The van der Waals surface area contributed by atoms with Crippen molar-refractivity contribution in [1.29, 1.82) is 0 Å².